The van der Waals surface area contributed by atoms with Crippen molar-refractivity contribution in [2.45, 2.75) is 6.92 Å². The lowest BCUT2D eigenvalue weighted by Crippen LogP contribution is -1.93. The summed E-state index contributed by atoms with van der Waals surface area (Å²) >= 11 is 0. The first-order valence-corrected chi connectivity index (χ1v) is 11.8. The maximum atomic E-state index is 10.5. The van der Waals surface area contributed by atoms with Crippen LogP contribution in [0.4, 0.5) is 0 Å². The number of rotatable bonds is 4. The third kappa shape index (κ3) is 3.81. The molecule has 0 saturated heterocycles. The summed E-state index contributed by atoms with van der Waals surface area (Å²) in [5.74, 6) is 0.912. The average Bonchev–Trinajstić information content (AvgIpc) is 3.27. The largest absolute Gasteiger partial charge is 0.507 e. The van der Waals surface area contributed by atoms with Crippen molar-refractivity contribution in [1.82, 2.24) is 19.5 Å². The molecule has 0 spiro atoms. The number of aromatic nitrogens is 4. The summed E-state index contributed by atoms with van der Waals surface area (Å²) in [5, 5.41) is 10.5. The predicted octanol–water partition coefficient (Wildman–Crippen LogP) is 7.05. The van der Waals surface area contributed by atoms with E-state index < -0.39 is 0 Å². The fourth-order valence-corrected chi connectivity index (χ4v) is 4.59. The third-order valence-corrected chi connectivity index (χ3v) is 6.53. The van der Waals surface area contributed by atoms with Crippen LogP contribution in [-0.2, 0) is 7.05 Å². The maximum absolute atomic E-state index is 10.5. The van der Waals surface area contributed by atoms with Gasteiger partial charge in [-0.15, -0.1) is 0 Å². The zero-order valence-electron chi connectivity index (χ0n) is 20.1. The maximum Gasteiger partial charge on any atom is 0.144 e. The molecule has 0 aliphatic carbocycles. The van der Waals surface area contributed by atoms with Crippen molar-refractivity contribution in [1.29, 1.82) is 0 Å². The lowest BCUT2D eigenvalue weighted by atomic mass is 10.0. The van der Waals surface area contributed by atoms with Gasteiger partial charge in [0.05, 0.1) is 23.0 Å². The van der Waals surface area contributed by atoms with Crippen LogP contribution < -0.4 is 0 Å². The van der Waals surface area contributed by atoms with Gasteiger partial charge in [-0.25, -0.2) is 4.98 Å². The van der Waals surface area contributed by atoms with Crippen LogP contribution >= 0.6 is 0 Å². The number of phenols is 1. The highest BCUT2D eigenvalue weighted by atomic mass is 16.3. The molecule has 0 unspecified atom stereocenters. The van der Waals surface area contributed by atoms with Gasteiger partial charge in [0, 0.05) is 36.1 Å². The van der Waals surface area contributed by atoms with Gasteiger partial charge in [-0.05, 0) is 42.3 Å². The summed E-state index contributed by atoms with van der Waals surface area (Å²) in [6.45, 7) is 2.00. The van der Waals surface area contributed by atoms with Crippen LogP contribution in [0, 0.1) is 6.92 Å². The fourth-order valence-electron chi connectivity index (χ4n) is 4.59. The second kappa shape index (κ2) is 8.78. The molecule has 5 nitrogen and oxygen atoms in total. The van der Waals surface area contributed by atoms with Crippen molar-refractivity contribution >= 4 is 11.0 Å². The summed E-state index contributed by atoms with van der Waals surface area (Å²) < 4.78 is 1.98. The van der Waals surface area contributed by atoms with E-state index in [2.05, 4.69) is 47.4 Å². The van der Waals surface area contributed by atoms with Crippen LogP contribution in [0.5, 0.6) is 5.75 Å². The number of aromatic hydroxyl groups is 1. The molecule has 0 amide bonds. The summed E-state index contributed by atoms with van der Waals surface area (Å²) in [6.07, 6.45) is 5.58. The first-order chi connectivity index (χ1) is 17.6. The summed E-state index contributed by atoms with van der Waals surface area (Å²) in [7, 11) is 1.95. The second-order valence-corrected chi connectivity index (χ2v) is 8.95. The Morgan fingerprint density at radius 2 is 1.50 bits per heavy atom. The SMILES string of the molecule is Cc1ccc(O)c(-c2nc3c(-c4cccc(-c5ccc(-c6ccccc6)cn5)c4)cncc3n2C)c1. The van der Waals surface area contributed by atoms with Crippen LogP contribution in [0.3, 0.4) is 0 Å². The van der Waals surface area contributed by atoms with Gasteiger partial charge in [-0.3, -0.25) is 9.97 Å². The Kier molecular flexibility index (Phi) is 5.30. The van der Waals surface area contributed by atoms with Crippen molar-refractivity contribution < 1.29 is 5.11 Å². The lowest BCUT2D eigenvalue weighted by Gasteiger charge is -2.07. The third-order valence-electron chi connectivity index (χ3n) is 6.53. The minimum atomic E-state index is 0.209. The molecule has 3 aromatic carbocycles. The molecule has 0 radical (unpaired) electrons. The Morgan fingerprint density at radius 3 is 2.31 bits per heavy atom. The van der Waals surface area contributed by atoms with Gasteiger partial charge in [0.25, 0.3) is 0 Å². The molecule has 0 atom stereocenters. The minimum absolute atomic E-state index is 0.209. The normalized spacial score (nSPS) is 11.2. The van der Waals surface area contributed by atoms with Gasteiger partial charge in [0.15, 0.2) is 0 Å². The molecular weight excluding hydrogens is 444 g/mol. The number of phenolic OH excluding ortho intramolecular Hbond substituents is 1. The number of imidazole rings is 1. The molecule has 0 bridgehead atoms. The second-order valence-electron chi connectivity index (χ2n) is 8.95. The van der Waals surface area contributed by atoms with E-state index in [1.807, 2.05) is 73.5 Å². The van der Waals surface area contributed by atoms with Gasteiger partial charge in [-0.1, -0.05) is 66.2 Å². The van der Waals surface area contributed by atoms with E-state index in [1.165, 1.54) is 0 Å². The summed E-state index contributed by atoms with van der Waals surface area (Å²) in [4.78, 5) is 14.2. The molecule has 0 aliphatic heterocycles. The number of nitrogens with zero attached hydrogens (tertiary/aromatic N) is 4. The Morgan fingerprint density at radius 1 is 0.694 bits per heavy atom. The predicted molar refractivity (Wildman–Crippen MR) is 144 cm³/mol. The van der Waals surface area contributed by atoms with Gasteiger partial charge in [0.2, 0.25) is 0 Å². The molecule has 0 aliphatic rings. The molecule has 0 saturated carbocycles. The molecule has 1 N–H and O–H groups in total. The number of pyridine rings is 2. The average molecular weight is 469 g/mol. The Hall–Kier alpha value is -4.77. The van der Waals surface area contributed by atoms with Crippen LogP contribution in [0.15, 0.2) is 104 Å². The van der Waals surface area contributed by atoms with Crippen molar-refractivity contribution in [3.63, 3.8) is 0 Å². The van der Waals surface area contributed by atoms with Crippen molar-refractivity contribution in [3.8, 4) is 50.6 Å². The van der Waals surface area contributed by atoms with E-state index in [4.69, 9.17) is 9.97 Å². The van der Waals surface area contributed by atoms with E-state index >= 15 is 0 Å². The molecule has 3 aromatic heterocycles. The van der Waals surface area contributed by atoms with Crippen LogP contribution in [0.2, 0.25) is 0 Å². The molecule has 5 heteroatoms. The van der Waals surface area contributed by atoms with Gasteiger partial charge in [-0.2, -0.15) is 0 Å². The van der Waals surface area contributed by atoms with E-state index in [-0.39, 0.29) is 5.75 Å². The highest BCUT2D eigenvalue weighted by molar-refractivity contribution is 5.94. The summed E-state index contributed by atoms with van der Waals surface area (Å²) in [5.41, 5.74) is 9.62. The number of aryl methyl sites for hydroxylation is 2. The van der Waals surface area contributed by atoms with Crippen LogP contribution in [0.1, 0.15) is 5.56 Å². The minimum Gasteiger partial charge on any atom is -0.507 e. The van der Waals surface area contributed by atoms with E-state index in [0.29, 0.717) is 11.4 Å². The zero-order chi connectivity index (χ0) is 24.6. The highest BCUT2D eigenvalue weighted by Gasteiger charge is 2.17. The first kappa shape index (κ1) is 21.7. The first-order valence-electron chi connectivity index (χ1n) is 11.8. The quantitative estimate of drug-likeness (QED) is 0.301. The number of hydrogen-bond acceptors (Lipinski definition) is 4. The monoisotopic (exact) mass is 468 g/mol. The number of hydrogen-bond donors (Lipinski definition) is 1. The van der Waals surface area contributed by atoms with Crippen molar-refractivity contribution in [2.24, 2.45) is 7.05 Å². The van der Waals surface area contributed by atoms with Crippen molar-refractivity contribution in [3.05, 3.63) is 109 Å². The van der Waals surface area contributed by atoms with Gasteiger partial charge >= 0.3 is 0 Å². The van der Waals surface area contributed by atoms with E-state index in [1.54, 1.807) is 6.07 Å². The molecule has 0 fully saturated rings. The molecular formula is C31H24N4O. The molecule has 6 rings (SSSR count). The molecule has 36 heavy (non-hydrogen) atoms. The van der Waals surface area contributed by atoms with Crippen LogP contribution in [0.25, 0.3) is 55.9 Å². The fraction of sp³-hybridized carbons (Fsp3) is 0.0645. The topological polar surface area (TPSA) is 63.8 Å². The van der Waals surface area contributed by atoms with E-state index in [0.717, 1.165) is 50.1 Å². The summed E-state index contributed by atoms with van der Waals surface area (Å²) in [6, 6.07) is 28.3. The Labute approximate surface area is 209 Å². The van der Waals surface area contributed by atoms with Gasteiger partial charge in [0.1, 0.15) is 17.1 Å². The highest BCUT2D eigenvalue weighted by Crippen LogP contribution is 2.35. The standard InChI is InChI=1S/C31H24N4O/c1-20-11-14-29(36)25(15-20)31-34-30-26(18-32-19-28(30)35(31)2)22-9-6-10-23(16-22)27-13-12-24(17-33-27)21-7-4-3-5-8-21/h3-19,36H,1-2H3. The lowest BCUT2D eigenvalue weighted by molar-refractivity contribution is 0.476. The molecule has 3 heterocycles. The Bertz CT molecular complexity index is 1700. The van der Waals surface area contributed by atoms with E-state index in [9.17, 15) is 5.11 Å². The molecule has 6 aromatic rings. The number of fused-ring (bicyclic) bond motifs is 1. The molecule has 174 valence electrons. The van der Waals surface area contributed by atoms with Crippen molar-refractivity contribution in [2.75, 3.05) is 0 Å². The zero-order valence-corrected chi connectivity index (χ0v) is 20.1. The van der Waals surface area contributed by atoms with Gasteiger partial charge < -0.3 is 9.67 Å². The van der Waals surface area contributed by atoms with Crippen LogP contribution in [-0.4, -0.2) is 24.6 Å². The smallest absolute Gasteiger partial charge is 0.144 e. The Balaban J connectivity index is 1.42. The number of benzene rings is 3.